The van der Waals surface area contributed by atoms with Gasteiger partial charge in [-0.1, -0.05) is 23.2 Å². The van der Waals surface area contributed by atoms with Crippen LogP contribution in [-0.4, -0.2) is 50.5 Å². The highest BCUT2D eigenvalue weighted by atomic mass is 35.5. The van der Waals surface area contributed by atoms with Crippen LogP contribution in [0.4, 0.5) is 15.1 Å². The molecule has 9 nitrogen and oxygen atoms in total. The number of fused-ring (bicyclic) bond motifs is 1. The van der Waals surface area contributed by atoms with Crippen molar-refractivity contribution in [2.75, 3.05) is 25.6 Å². The number of nitrogens with two attached hydrogens (primary N) is 1. The molecule has 4 rings (SSSR count). The number of nitrogens with zero attached hydrogens (tertiary/aromatic N) is 5. The first-order valence-electron chi connectivity index (χ1n) is 9.80. The zero-order valence-electron chi connectivity index (χ0n) is 16.9. The summed E-state index contributed by atoms with van der Waals surface area (Å²) in [5, 5.41) is 7.39. The fraction of sp³-hybridized carbons (Fsp3) is 0.300. The molecule has 0 bridgehead atoms. The number of hydrogen-bond acceptors (Lipinski definition) is 6. The van der Waals surface area contributed by atoms with Crippen molar-refractivity contribution in [3.63, 3.8) is 0 Å². The summed E-state index contributed by atoms with van der Waals surface area (Å²) in [5.41, 5.74) is 8.21. The molecular weight excluding hydrogens is 460 g/mol. The molecule has 3 aromatic rings. The van der Waals surface area contributed by atoms with Crippen LogP contribution in [0.5, 0.6) is 5.75 Å². The van der Waals surface area contributed by atoms with Crippen LogP contribution < -0.4 is 15.8 Å². The van der Waals surface area contributed by atoms with Crippen LogP contribution in [0.2, 0.25) is 10.0 Å². The highest BCUT2D eigenvalue weighted by Gasteiger charge is 2.30. The van der Waals surface area contributed by atoms with E-state index in [0.717, 1.165) is 0 Å². The molecule has 2 aromatic heterocycles. The maximum atomic E-state index is 12.4. The summed E-state index contributed by atoms with van der Waals surface area (Å²) < 4.78 is 20.2. The molecule has 3 heterocycles. The van der Waals surface area contributed by atoms with Crippen molar-refractivity contribution in [1.82, 2.24) is 30.0 Å². The predicted molar refractivity (Wildman–Crippen MR) is 118 cm³/mol. The van der Waals surface area contributed by atoms with Crippen LogP contribution in [-0.2, 0) is 19.6 Å². The molecule has 0 saturated carbocycles. The quantitative estimate of drug-likeness (QED) is 0.537. The number of aromatic nitrogens is 4. The maximum absolute atomic E-state index is 12.4. The number of halogens is 3. The second kappa shape index (κ2) is 9.58. The minimum absolute atomic E-state index is 0.0401. The van der Waals surface area contributed by atoms with Crippen molar-refractivity contribution in [2.24, 2.45) is 0 Å². The number of ether oxygens (including phenoxy) is 1. The van der Waals surface area contributed by atoms with Gasteiger partial charge in [-0.15, -0.1) is 0 Å². The standard InChI is InChI=1S/C20H20Cl2FN7O2/c21-12-8-14(22)17(16(9-12)32-7-6-30-5-1-3-26-30)18-13-10-29(20(31)25-4-2-23)11-15(13)27-19(24)28-18/h1,3,5,8-9H,2,4,6-7,10-11H2,(H,25,31)(H2,24,27,28). The number of urea groups is 1. The van der Waals surface area contributed by atoms with Gasteiger partial charge in [-0.25, -0.2) is 19.2 Å². The van der Waals surface area contributed by atoms with Gasteiger partial charge in [0.15, 0.2) is 0 Å². The first-order chi connectivity index (χ1) is 15.5. The number of nitrogens with one attached hydrogen (secondary N) is 1. The number of amides is 2. The topological polar surface area (TPSA) is 111 Å². The van der Waals surface area contributed by atoms with Crippen LogP contribution >= 0.6 is 23.2 Å². The lowest BCUT2D eigenvalue weighted by atomic mass is 10.0. The molecule has 0 atom stereocenters. The van der Waals surface area contributed by atoms with E-state index in [2.05, 4.69) is 20.4 Å². The minimum Gasteiger partial charge on any atom is -0.491 e. The lowest BCUT2D eigenvalue weighted by Crippen LogP contribution is -2.37. The zero-order chi connectivity index (χ0) is 22.7. The van der Waals surface area contributed by atoms with Gasteiger partial charge in [0.05, 0.1) is 41.6 Å². The number of nitrogen functional groups attached to an aromatic ring is 1. The van der Waals surface area contributed by atoms with Crippen molar-refractivity contribution in [2.45, 2.75) is 19.6 Å². The molecule has 0 aliphatic carbocycles. The van der Waals surface area contributed by atoms with E-state index in [1.807, 2.05) is 12.3 Å². The number of alkyl halides is 1. The van der Waals surface area contributed by atoms with Gasteiger partial charge in [0.2, 0.25) is 5.95 Å². The van der Waals surface area contributed by atoms with E-state index in [-0.39, 0.29) is 25.6 Å². The number of benzene rings is 1. The Morgan fingerprint density at radius 2 is 2.12 bits per heavy atom. The average Bonchev–Trinajstić information content (AvgIpc) is 3.41. The number of carbonyl (C=O) groups is 1. The van der Waals surface area contributed by atoms with Gasteiger partial charge in [0.25, 0.3) is 0 Å². The van der Waals surface area contributed by atoms with E-state index >= 15 is 0 Å². The molecule has 0 saturated heterocycles. The Morgan fingerprint density at radius 3 is 2.88 bits per heavy atom. The van der Waals surface area contributed by atoms with E-state index in [9.17, 15) is 9.18 Å². The summed E-state index contributed by atoms with van der Waals surface area (Å²) in [5.74, 6) is 0.466. The lowest BCUT2D eigenvalue weighted by molar-refractivity contribution is 0.197. The van der Waals surface area contributed by atoms with Crippen LogP contribution in [0.3, 0.4) is 0 Å². The van der Waals surface area contributed by atoms with Gasteiger partial charge >= 0.3 is 6.03 Å². The largest absolute Gasteiger partial charge is 0.491 e. The summed E-state index contributed by atoms with van der Waals surface area (Å²) in [6.45, 7) is 0.547. The summed E-state index contributed by atoms with van der Waals surface area (Å²) in [4.78, 5) is 22.5. The second-order valence-electron chi connectivity index (χ2n) is 7.01. The Morgan fingerprint density at radius 1 is 1.28 bits per heavy atom. The molecule has 0 spiro atoms. The third kappa shape index (κ3) is 4.71. The summed E-state index contributed by atoms with van der Waals surface area (Å²) in [6.07, 6.45) is 3.51. The Hall–Kier alpha value is -3.11. The maximum Gasteiger partial charge on any atom is 0.318 e. The van der Waals surface area contributed by atoms with Crippen molar-refractivity contribution in [1.29, 1.82) is 0 Å². The first-order valence-corrected chi connectivity index (χ1v) is 10.6. The molecule has 1 aliphatic heterocycles. The lowest BCUT2D eigenvalue weighted by Gasteiger charge is -2.17. The fourth-order valence-corrected chi connectivity index (χ4v) is 4.03. The smallest absolute Gasteiger partial charge is 0.318 e. The highest BCUT2D eigenvalue weighted by molar-refractivity contribution is 6.37. The Kier molecular flexibility index (Phi) is 6.61. The van der Waals surface area contributed by atoms with E-state index in [4.69, 9.17) is 33.7 Å². The Labute approximate surface area is 193 Å². The van der Waals surface area contributed by atoms with Crippen molar-refractivity contribution < 1.29 is 13.9 Å². The predicted octanol–water partition coefficient (Wildman–Crippen LogP) is 3.30. The van der Waals surface area contributed by atoms with Crippen molar-refractivity contribution >= 4 is 35.2 Å². The van der Waals surface area contributed by atoms with Crippen LogP contribution in [0.25, 0.3) is 11.3 Å². The zero-order valence-corrected chi connectivity index (χ0v) is 18.4. The van der Waals surface area contributed by atoms with Gasteiger partial charge in [-0.05, 0) is 18.2 Å². The molecule has 0 unspecified atom stereocenters. The minimum atomic E-state index is -0.649. The molecule has 1 aliphatic rings. The molecule has 168 valence electrons. The summed E-state index contributed by atoms with van der Waals surface area (Å²) in [7, 11) is 0. The molecule has 0 fully saturated rings. The Balaban J connectivity index is 1.66. The van der Waals surface area contributed by atoms with E-state index in [0.29, 0.717) is 51.5 Å². The molecule has 0 radical (unpaired) electrons. The number of rotatable bonds is 7. The highest BCUT2D eigenvalue weighted by Crippen LogP contribution is 2.42. The van der Waals surface area contributed by atoms with Crippen LogP contribution in [0.15, 0.2) is 30.6 Å². The summed E-state index contributed by atoms with van der Waals surface area (Å²) in [6, 6.07) is 4.66. The van der Waals surface area contributed by atoms with Gasteiger partial charge in [-0.2, -0.15) is 5.10 Å². The Bertz CT molecular complexity index is 1130. The molecular formula is C20H20Cl2FN7O2. The fourth-order valence-electron chi connectivity index (χ4n) is 3.47. The van der Waals surface area contributed by atoms with E-state index in [1.54, 1.807) is 23.0 Å². The van der Waals surface area contributed by atoms with Crippen molar-refractivity contribution in [3.8, 4) is 17.0 Å². The van der Waals surface area contributed by atoms with Gasteiger partial charge in [0, 0.05) is 29.5 Å². The number of hydrogen-bond donors (Lipinski definition) is 2. The van der Waals surface area contributed by atoms with Crippen LogP contribution in [0.1, 0.15) is 11.3 Å². The molecule has 32 heavy (non-hydrogen) atoms. The number of anilines is 1. The van der Waals surface area contributed by atoms with E-state index < -0.39 is 12.7 Å². The molecule has 3 N–H and O–H groups in total. The third-order valence-corrected chi connectivity index (χ3v) is 5.37. The third-order valence-electron chi connectivity index (χ3n) is 4.85. The van der Waals surface area contributed by atoms with Crippen LogP contribution in [0, 0.1) is 0 Å². The van der Waals surface area contributed by atoms with Gasteiger partial charge in [-0.3, -0.25) is 4.68 Å². The molecule has 1 aromatic carbocycles. The number of carbonyl (C=O) groups excluding carboxylic acids is 1. The van der Waals surface area contributed by atoms with E-state index in [1.165, 1.54) is 4.90 Å². The SMILES string of the molecule is Nc1nc2c(c(-c3c(Cl)cc(Cl)cc3OCCn3cccn3)n1)CN(C(=O)NCCF)C2. The first kappa shape index (κ1) is 22.1. The van der Waals surface area contributed by atoms with Crippen molar-refractivity contribution in [3.05, 3.63) is 51.9 Å². The normalized spacial score (nSPS) is 12.7. The molecule has 2 amide bonds. The van der Waals surface area contributed by atoms with Gasteiger partial charge in [0.1, 0.15) is 19.0 Å². The summed E-state index contributed by atoms with van der Waals surface area (Å²) >= 11 is 12.8. The average molecular weight is 480 g/mol. The second-order valence-corrected chi connectivity index (χ2v) is 7.85. The molecule has 12 heteroatoms. The monoisotopic (exact) mass is 479 g/mol. The van der Waals surface area contributed by atoms with Gasteiger partial charge < -0.3 is 20.7 Å².